The molecule has 0 amide bonds. The van der Waals surface area contributed by atoms with Crippen molar-refractivity contribution in [3.05, 3.63) is 34.9 Å². The van der Waals surface area contributed by atoms with Gasteiger partial charge in [0.05, 0.1) is 0 Å². The first-order chi connectivity index (χ1) is 8.05. The third-order valence-electron chi connectivity index (χ3n) is 2.83. The summed E-state index contributed by atoms with van der Waals surface area (Å²) in [5.41, 5.74) is 4.87. The van der Waals surface area contributed by atoms with E-state index >= 15 is 0 Å². The van der Waals surface area contributed by atoms with Gasteiger partial charge in [0.2, 0.25) is 0 Å². The van der Waals surface area contributed by atoms with E-state index in [0.717, 1.165) is 0 Å². The third kappa shape index (κ3) is 4.88. The maximum Gasteiger partial charge on any atom is 0.324 e. The highest BCUT2D eigenvalue weighted by Crippen LogP contribution is 2.35. The number of benzene rings is 1. The van der Waals surface area contributed by atoms with Crippen molar-refractivity contribution in [1.29, 1.82) is 0 Å². The van der Waals surface area contributed by atoms with Gasteiger partial charge in [-0.1, -0.05) is 59.7 Å². The molecule has 102 valence electrons. The van der Waals surface area contributed by atoms with E-state index in [0.29, 0.717) is 0 Å². The summed E-state index contributed by atoms with van der Waals surface area (Å²) in [5.74, 6) is 0. The first kappa shape index (κ1) is 17.3. The summed E-state index contributed by atoms with van der Waals surface area (Å²) in [5, 5.41) is 0. The molecule has 3 heteroatoms. The van der Waals surface area contributed by atoms with E-state index in [4.69, 9.17) is 9.46 Å². The highest BCUT2D eigenvalue weighted by atomic mass is 31.1. The average Bonchev–Trinajstić information content (AvgIpc) is 2.15. The van der Waals surface area contributed by atoms with Gasteiger partial charge in [0.25, 0.3) is 0 Å². The monoisotopic (exact) mass is 268 g/mol. The fraction of sp³-hybridized carbons (Fsp3) is 0.600. The van der Waals surface area contributed by atoms with E-state index in [1.807, 2.05) is 0 Å². The second-order valence-electron chi connectivity index (χ2n) is 6.58. The predicted octanol–water partition coefficient (Wildman–Crippen LogP) is 4.78. The maximum absolute atomic E-state index is 8.46. The van der Waals surface area contributed by atoms with E-state index in [2.05, 4.69) is 66.7 Å². The Morgan fingerprint density at radius 1 is 1.00 bits per heavy atom. The lowest BCUT2D eigenvalue weighted by Crippen LogP contribution is -2.23. The summed E-state index contributed by atoms with van der Waals surface area (Å²) in [6.45, 7) is 16.0. The third-order valence-corrected chi connectivity index (χ3v) is 2.83. The summed E-state index contributed by atoms with van der Waals surface area (Å²) >= 11 is 0. The molecule has 1 aromatic carbocycles. The Morgan fingerprint density at radius 2 is 1.44 bits per heavy atom. The van der Waals surface area contributed by atoms with Crippen molar-refractivity contribution in [2.24, 2.45) is 0 Å². The van der Waals surface area contributed by atoms with Crippen molar-refractivity contribution < 1.29 is 9.46 Å². The Kier molecular flexibility index (Phi) is 6.19. The molecule has 0 aliphatic carbocycles. The summed E-state index contributed by atoms with van der Waals surface area (Å²) in [4.78, 5) is 6.99. The normalized spacial score (nSPS) is 12.0. The van der Waals surface area contributed by atoms with Crippen molar-refractivity contribution in [3.8, 4) is 0 Å². The predicted molar refractivity (Wildman–Crippen MR) is 78.4 cm³/mol. The van der Waals surface area contributed by atoms with Crippen LogP contribution in [0.25, 0.3) is 0 Å². The molecule has 0 saturated heterocycles. The number of hydrogen-bond donors (Lipinski definition) is 1. The number of hydrogen-bond acceptors (Lipinski definition) is 1. The summed E-state index contributed by atoms with van der Waals surface area (Å²) < 4.78 is 8.46. The summed E-state index contributed by atoms with van der Waals surface area (Å²) in [6.07, 6.45) is 0. The summed E-state index contributed by atoms with van der Waals surface area (Å²) in [6, 6.07) is 6.66. The fourth-order valence-electron chi connectivity index (χ4n) is 2.29. The van der Waals surface area contributed by atoms with Crippen LogP contribution in [-0.2, 0) is 15.4 Å². The molecule has 0 saturated carbocycles. The van der Waals surface area contributed by atoms with Gasteiger partial charge in [-0.2, -0.15) is 0 Å². The van der Waals surface area contributed by atoms with E-state index in [-0.39, 0.29) is 10.8 Å². The van der Waals surface area contributed by atoms with Crippen LogP contribution in [0, 0.1) is 6.92 Å². The summed E-state index contributed by atoms with van der Waals surface area (Å²) in [7, 11) is -0.833. The van der Waals surface area contributed by atoms with Gasteiger partial charge in [0.15, 0.2) is 0 Å². The maximum atomic E-state index is 8.46. The molecular weight excluding hydrogens is 243 g/mol. The molecule has 0 spiro atoms. The first-order valence-electron chi connectivity index (χ1n) is 6.13. The largest absolute Gasteiger partial charge is 0.324 e. The van der Waals surface area contributed by atoms with E-state index in [1.54, 1.807) is 0 Å². The molecular formula is C15H25O2P. The van der Waals surface area contributed by atoms with E-state index < -0.39 is 8.69 Å². The van der Waals surface area contributed by atoms with Crippen LogP contribution in [0.15, 0.2) is 18.2 Å². The zero-order valence-corrected chi connectivity index (χ0v) is 13.4. The van der Waals surface area contributed by atoms with Crippen molar-refractivity contribution in [1.82, 2.24) is 0 Å². The average molecular weight is 268 g/mol. The Bertz CT molecular complexity index is 398. The van der Waals surface area contributed by atoms with Crippen LogP contribution < -0.4 is 0 Å². The second kappa shape index (κ2) is 6.45. The minimum Gasteiger partial charge on any atom is -0.310 e. The quantitative estimate of drug-likeness (QED) is 0.688. The fourth-order valence-corrected chi connectivity index (χ4v) is 2.29. The Labute approximate surface area is 113 Å². The van der Waals surface area contributed by atoms with Crippen molar-refractivity contribution in [2.45, 2.75) is 59.3 Å². The molecule has 0 aliphatic rings. The lowest BCUT2D eigenvalue weighted by molar-refractivity contribution is 0.524. The van der Waals surface area contributed by atoms with Crippen molar-refractivity contribution >= 4 is 8.69 Å². The second-order valence-corrected chi connectivity index (χ2v) is 6.74. The molecule has 18 heavy (non-hydrogen) atoms. The Hall–Kier alpha value is -0.720. The Morgan fingerprint density at radius 3 is 1.72 bits per heavy atom. The van der Waals surface area contributed by atoms with Crippen LogP contribution in [0.5, 0.6) is 0 Å². The Balaban J connectivity index is 0.000000873. The lowest BCUT2D eigenvalue weighted by atomic mass is 9.73. The molecule has 0 radical (unpaired) electrons. The lowest BCUT2D eigenvalue weighted by Gasteiger charge is -2.31. The zero-order valence-electron chi connectivity index (χ0n) is 12.5. The van der Waals surface area contributed by atoms with Gasteiger partial charge < -0.3 is 4.89 Å². The van der Waals surface area contributed by atoms with Crippen LogP contribution in [0.2, 0.25) is 0 Å². The van der Waals surface area contributed by atoms with Gasteiger partial charge in [-0.05, 0) is 34.4 Å². The topological polar surface area (TPSA) is 37.3 Å². The first-order valence-corrected chi connectivity index (χ1v) is 6.89. The molecule has 2 nitrogen and oxygen atoms in total. The van der Waals surface area contributed by atoms with Gasteiger partial charge in [-0.15, -0.1) is 0 Å². The molecule has 0 aromatic heterocycles. The molecule has 0 unspecified atom stereocenters. The number of aryl methyl sites for hydroxylation is 1. The molecule has 1 aromatic rings. The molecule has 0 aliphatic heterocycles. The van der Waals surface area contributed by atoms with Gasteiger partial charge >= 0.3 is 8.69 Å². The molecule has 1 rings (SSSR count). The van der Waals surface area contributed by atoms with Gasteiger partial charge in [0.1, 0.15) is 0 Å². The van der Waals surface area contributed by atoms with E-state index in [9.17, 15) is 0 Å². The van der Waals surface area contributed by atoms with Crippen LogP contribution in [-0.4, -0.2) is 4.89 Å². The molecule has 0 fully saturated rings. The van der Waals surface area contributed by atoms with Crippen LogP contribution in [0.3, 0.4) is 0 Å². The highest BCUT2D eigenvalue weighted by Gasteiger charge is 2.25. The van der Waals surface area contributed by atoms with Crippen molar-refractivity contribution in [3.63, 3.8) is 0 Å². The minimum atomic E-state index is -0.833. The number of rotatable bonds is 0. The van der Waals surface area contributed by atoms with Gasteiger partial charge in [0, 0.05) is 0 Å². The molecule has 0 heterocycles. The smallest absolute Gasteiger partial charge is 0.310 e. The highest BCUT2D eigenvalue weighted by molar-refractivity contribution is 7.16. The van der Waals surface area contributed by atoms with Crippen molar-refractivity contribution in [2.75, 3.05) is 0 Å². The van der Waals surface area contributed by atoms with Crippen LogP contribution >= 0.6 is 8.69 Å². The molecule has 0 bridgehead atoms. The van der Waals surface area contributed by atoms with Crippen LogP contribution in [0.4, 0.5) is 0 Å². The van der Waals surface area contributed by atoms with E-state index in [1.165, 1.54) is 16.7 Å². The minimum absolute atomic E-state index is 0.230. The van der Waals surface area contributed by atoms with Crippen LogP contribution in [0.1, 0.15) is 58.2 Å². The zero-order chi connectivity index (χ0) is 14.6. The SMILES string of the molecule is Cc1cccc(C(C)(C)C)c1C(C)(C)C.O=PO. The van der Waals surface area contributed by atoms with Gasteiger partial charge in [-0.3, -0.25) is 0 Å². The standard InChI is InChI=1S/C15H24.HO2P/c1-11-9-8-10-12(14(2,3)4)13(11)15(5,6)7;1-3-2/h8-10H,1-7H3;(H,1,2). The molecule has 0 atom stereocenters. The molecule has 1 N–H and O–H groups in total. The van der Waals surface area contributed by atoms with Gasteiger partial charge in [-0.25, -0.2) is 4.57 Å².